The Morgan fingerprint density at radius 1 is 1.07 bits per heavy atom. The third kappa shape index (κ3) is 5.27. The van der Waals surface area contributed by atoms with Crippen LogP contribution in [-0.2, 0) is 35.9 Å². The van der Waals surface area contributed by atoms with Gasteiger partial charge in [-0.05, 0) is 31.2 Å². The number of nitrogens with zero attached hydrogens (tertiary/aromatic N) is 4. The zero-order valence-electron chi connectivity index (χ0n) is 16.8. The van der Waals surface area contributed by atoms with E-state index in [1.807, 2.05) is 24.2 Å². The lowest BCUT2D eigenvalue weighted by Gasteiger charge is -2.18. The fourth-order valence-corrected chi connectivity index (χ4v) is 3.97. The molecule has 0 N–H and O–H groups in total. The number of aromatic nitrogens is 3. The van der Waals surface area contributed by atoms with Crippen LogP contribution in [0.3, 0.4) is 0 Å². The highest BCUT2D eigenvalue weighted by Gasteiger charge is 2.20. The topological polar surface area (TPSA) is 68.1 Å². The van der Waals surface area contributed by atoms with Gasteiger partial charge in [-0.3, -0.25) is 9.88 Å². The number of benzene rings is 1. The van der Waals surface area contributed by atoms with Crippen molar-refractivity contribution in [2.24, 2.45) is 0 Å². The first-order chi connectivity index (χ1) is 13.8. The second-order valence-electron chi connectivity index (χ2n) is 7.17. The van der Waals surface area contributed by atoms with Gasteiger partial charge >= 0.3 is 0 Å². The first-order valence-corrected chi connectivity index (χ1v) is 11.3. The van der Waals surface area contributed by atoms with Gasteiger partial charge in [-0.15, -0.1) is 0 Å². The molecule has 0 saturated carbocycles. The summed E-state index contributed by atoms with van der Waals surface area (Å²) in [6, 6.07) is 10.4. The first kappa shape index (κ1) is 21.1. The quantitative estimate of drug-likeness (QED) is 0.565. The van der Waals surface area contributed by atoms with E-state index in [9.17, 15) is 12.8 Å². The summed E-state index contributed by atoms with van der Waals surface area (Å²) in [5.74, 6) is -0.375. The van der Waals surface area contributed by atoms with Gasteiger partial charge in [-0.2, -0.15) is 0 Å². The van der Waals surface area contributed by atoms with E-state index in [0.717, 1.165) is 18.4 Å². The molecule has 0 radical (unpaired) electrons. The molecule has 0 saturated heterocycles. The molecule has 0 unspecified atom stereocenters. The molecule has 2 heterocycles. The van der Waals surface area contributed by atoms with Crippen LogP contribution < -0.4 is 0 Å². The lowest BCUT2D eigenvalue weighted by atomic mass is 10.2. The maximum atomic E-state index is 14.2. The zero-order chi connectivity index (χ0) is 21.0. The zero-order valence-corrected chi connectivity index (χ0v) is 17.7. The number of rotatable bonds is 8. The van der Waals surface area contributed by atoms with Gasteiger partial charge < -0.3 is 4.57 Å². The summed E-state index contributed by atoms with van der Waals surface area (Å²) in [5, 5.41) is -0.0606. The summed E-state index contributed by atoms with van der Waals surface area (Å²) in [5.41, 5.74) is 3.21. The predicted octanol–water partition coefficient (Wildman–Crippen LogP) is 3.06. The number of imidazole rings is 1. The van der Waals surface area contributed by atoms with Crippen molar-refractivity contribution in [1.82, 2.24) is 19.4 Å². The summed E-state index contributed by atoms with van der Waals surface area (Å²) in [6.07, 6.45) is 5.46. The number of sulfone groups is 1. The molecule has 0 aliphatic rings. The second kappa shape index (κ2) is 8.84. The van der Waals surface area contributed by atoms with Crippen LogP contribution in [0.15, 0.2) is 53.9 Å². The average Bonchev–Trinajstić information content (AvgIpc) is 3.06. The summed E-state index contributed by atoms with van der Waals surface area (Å²) in [6.45, 7) is 3.23. The van der Waals surface area contributed by atoms with Gasteiger partial charge in [0.05, 0.1) is 24.1 Å². The van der Waals surface area contributed by atoms with Crippen LogP contribution in [0.25, 0.3) is 0 Å². The van der Waals surface area contributed by atoms with Gasteiger partial charge in [0.2, 0.25) is 15.0 Å². The van der Waals surface area contributed by atoms with E-state index in [2.05, 4.69) is 23.0 Å². The van der Waals surface area contributed by atoms with E-state index in [4.69, 9.17) is 0 Å². The minimum absolute atomic E-state index is 0.0606. The molecule has 0 aliphatic carbocycles. The van der Waals surface area contributed by atoms with Crippen LogP contribution in [0.2, 0.25) is 0 Å². The molecule has 2 aromatic heterocycles. The Labute approximate surface area is 171 Å². The Bertz CT molecular complexity index is 1080. The second-order valence-corrected chi connectivity index (χ2v) is 9.07. The lowest BCUT2D eigenvalue weighted by Crippen LogP contribution is -2.21. The summed E-state index contributed by atoms with van der Waals surface area (Å²) >= 11 is 0. The van der Waals surface area contributed by atoms with E-state index in [0.29, 0.717) is 24.3 Å². The van der Waals surface area contributed by atoms with Crippen molar-refractivity contribution < 1.29 is 12.8 Å². The third-order valence-electron chi connectivity index (χ3n) is 4.68. The molecule has 0 aliphatic heterocycles. The monoisotopic (exact) mass is 416 g/mol. The van der Waals surface area contributed by atoms with E-state index in [1.54, 1.807) is 29.0 Å². The predicted molar refractivity (Wildman–Crippen MR) is 110 cm³/mol. The molecular weight excluding hydrogens is 391 g/mol. The molecule has 0 spiro atoms. The third-order valence-corrected chi connectivity index (χ3v) is 5.67. The Balaban J connectivity index is 1.84. The number of hydrogen-bond acceptors (Lipinski definition) is 5. The molecule has 29 heavy (non-hydrogen) atoms. The van der Waals surface area contributed by atoms with Crippen molar-refractivity contribution in [3.8, 4) is 0 Å². The van der Waals surface area contributed by atoms with Crippen LogP contribution in [-0.4, -0.2) is 41.2 Å². The molecular formula is C21H25FN4O2S. The minimum Gasteiger partial charge on any atom is -0.313 e. The Morgan fingerprint density at radius 3 is 2.45 bits per heavy atom. The fourth-order valence-electron chi connectivity index (χ4n) is 3.15. The first-order valence-electron chi connectivity index (χ1n) is 9.38. The minimum atomic E-state index is -3.55. The van der Waals surface area contributed by atoms with Gasteiger partial charge in [0.15, 0.2) is 0 Å². The summed E-state index contributed by atoms with van der Waals surface area (Å²) < 4.78 is 40.1. The lowest BCUT2D eigenvalue weighted by molar-refractivity contribution is 0.305. The molecule has 8 heteroatoms. The van der Waals surface area contributed by atoms with Gasteiger partial charge in [-0.25, -0.2) is 17.8 Å². The number of aryl methyl sites for hydroxylation is 1. The van der Waals surface area contributed by atoms with Crippen LogP contribution >= 0.6 is 0 Å². The van der Waals surface area contributed by atoms with E-state index >= 15 is 0 Å². The van der Waals surface area contributed by atoms with E-state index in [-0.39, 0.29) is 17.5 Å². The molecule has 6 nitrogen and oxygen atoms in total. The maximum Gasteiger partial charge on any atom is 0.227 e. The highest BCUT2D eigenvalue weighted by atomic mass is 32.2. The van der Waals surface area contributed by atoms with Gasteiger partial charge in [-0.1, -0.05) is 31.2 Å². The van der Waals surface area contributed by atoms with Crippen molar-refractivity contribution in [3.05, 3.63) is 77.1 Å². The van der Waals surface area contributed by atoms with Crippen molar-refractivity contribution >= 4 is 9.84 Å². The molecule has 3 rings (SSSR count). The van der Waals surface area contributed by atoms with Crippen molar-refractivity contribution in [1.29, 1.82) is 0 Å². The maximum absolute atomic E-state index is 14.2. The Hall–Kier alpha value is -2.58. The van der Waals surface area contributed by atoms with Crippen molar-refractivity contribution in [2.45, 2.75) is 38.1 Å². The van der Waals surface area contributed by atoms with Crippen molar-refractivity contribution in [3.63, 3.8) is 0 Å². The van der Waals surface area contributed by atoms with Gasteiger partial charge in [0, 0.05) is 31.1 Å². The van der Waals surface area contributed by atoms with Crippen LogP contribution in [0.5, 0.6) is 0 Å². The summed E-state index contributed by atoms with van der Waals surface area (Å²) in [4.78, 5) is 10.6. The molecule has 3 aromatic rings. The number of pyridine rings is 1. The van der Waals surface area contributed by atoms with Crippen molar-refractivity contribution in [2.75, 3.05) is 13.3 Å². The highest BCUT2D eigenvalue weighted by Crippen LogP contribution is 2.18. The largest absolute Gasteiger partial charge is 0.313 e. The molecule has 1 aromatic carbocycles. The van der Waals surface area contributed by atoms with Gasteiger partial charge in [0.1, 0.15) is 5.82 Å². The Morgan fingerprint density at radius 2 is 1.83 bits per heavy atom. The number of halogens is 1. The van der Waals surface area contributed by atoms with Crippen LogP contribution in [0.4, 0.5) is 4.39 Å². The highest BCUT2D eigenvalue weighted by molar-refractivity contribution is 7.90. The fraction of sp³-hybridized carbons (Fsp3) is 0.333. The Kier molecular flexibility index (Phi) is 6.44. The van der Waals surface area contributed by atoms with Gasteiger partial charge in [0.25, 0.3) is 0 Å². The van der Waals surface area contributed by atoms with E-state index < -0.39 is 9.84 Å². The molecule has 154 valence electrons. The smallest absolute Gasteiger partial charge is 0.227 e. The van der Waals surface area contributed by atoms with E-state index in [1.165, 1.54) is 11.6 Å². The molecule has 0 amide bonds. The summed E-state index contributed by atoms with van der Waals surface area (Å²) in [7, 11) is -1.62. The normalized spacial score (nSPS) is 11.9. The van der Waals surface area contributed by atoms with Crippen LogP contribution in [0, 0.1) is 5.82 Å². The molecule has 0 bridgehead atoms. The SMILES string of the molecule is CCc1ccc(CN(C)Cc2cnc(S(C)(=O)=O)n2Cc2ccccc2F)nc1. The molecule has 0 atom stereocenters. The van der Waals surface area contributed by atoms with Crippen LogP contribution in [0.1, 0.15) is 29.4 Å². The molecule has 0 fully saturated rings. The average molecular weight is 417 g/mol. The standard InChI is InChI=1S/C21H25FN4O2S/c1-4-16-9-10-18(23-11-16)14-25(2)15-19-12-24-21(29(3,27)28)26(19)13-17-7-5-6-8-20(17)22/h5-12H,4,13-15H2,1-3H3. The number of hydrogen-bond donors (Lipinski definition) is 0.